The number of benzene rings is 3. The van der Waals surface area contributed by atoms with Gasteiger partial charge in [-0.2, -0.15) is 0 Å². The van der Waals surface area contributed by atoms with Crippen LogP contribution in [0.5, 0.6) is 0 Å². The molecule has 1 nitrogen and oxygen atoms in total. The Balaban J connectivity index is 1.53. The van der Waals surface area contributed by atoms with Crippen molar-refractivity contribution in [2.75, 3.05) is 6.54 Å². The predicted octanol–water partition coefficient (Wildman–Crippen LogP) is 5.54. The smallest absolute Gasteiger partial charge is 0.0406 e. The van der Waals surface area contributed by atoms with Crippen molar-refractivity contribution in [2.45, 2.75) is 6.42 Å². The van der Waals surface area contributed by atoms with E-state index in [1.807, 2.05) is 78.9 Å². The molecule has 0 bridgehead atoms. The molecular formula is C24H20ClN. The standard InChI is InChI=1S/C24H20ClN/c1-19(26-18-17-22-11-15-24(25)16-12-22)23-13-9-21(10-14-23)8-7-20-5-3-2-4-6-20/h2-6,9-16,26H,1,17-18H2. The zero-order valence-corrected chi connectivity index (χ0v) is 15.3. The van der Waals surface area contributed by atoms with Gasteiger partial charge in [0, 0.05) is 28.4 Å². The van der Waals surface area contributed by atoms with Gasteiger partial charge in [0.25, 0.3) is 0 Å². The lowest BCUT2D eigenvalue weighted by Gasteiger charge is -2.10. The maximum absolute atomic E-state index is 5.91. The molecule has 3 aromatic carbocycles. The molecule has 0 spiro atoms. The lowest BCUT2D eigenvalue weighted by Crippen LogP contribution is -2.15. The quantitative estimate of drug-likeness (QED) is 0.591. The van der Waals surface area contributed by atoms with Crippen LogP contribution in [-0.4, -0.2) is 6.54 Å². The average Bonchev–Trinajstić information content (AvgIpc) is 2.69. The second-order valence-electron chi connectivity index (χ2n) is 5.98. The van der Waals surface area contributed by atoms with Gasteiger partial charge in [-0.25, -0.2) is 0 Å². The summed E-state index contributed by atoms with van der Waals surface area (Å²) in [5, 5.41) is 4.14. The third-order valence-electron chi connectivity index (χ3n) is 4.02. The normalized spacial score (nSPS) is 9.88. The largest absolute Gasteiger partial charge is 0.385 e. The van der Waals surface area contributed by atoms with Crippen LogP contribution in [-0.2, 0) is 6.42 Å². The summed E-state index contributed by atoms with van der Waals surface area (Å²) in [7, 11) is 0. The monoisotopic (exact) mass is 357 g/mol. The molecule has 0 fully saturated rings. The number of hydrogen-bond acceptors (Lipinski definition) is 1. The van der Waals surface area contributed by atoms with Crippen molar-refractivity contribution in [3.63, 3.8) is 0 Å². The Bertz CT molecular complexity index is 914. The van der Waals surface area contributed by atoms with Crippen LogP contribution in [0.1, 0.15) is 22.3 Å². The van der Waals surface area contributed by atoms with E-state index in [1.165, 1.54) is 5.56 Å². The number of halogens is 1. The van der Waals surface area contributed by atoms with Crippen LogP contribution >= 0.6 is 11.6 Å². The molecule has 128 valence electrons. The van der Waals surface area contributed by atoms with E-state index < -0.39 is 0 Å². The Labute approximate surface area is 160 Å². The Morgan fingerprint density at radius 2 is 1.42 bits per heavy atom. The molecule has 0 radical (unpaired) electrons. The molecule has 0 aliphatic carbocycles. The fourth-order valence-corrected chi connectivity index (χ4v) is 2.66. The van der Waals surface area contributed by atoms with Crippen molar-refractivity contribution in [1.82, 2.24) is 5.32 Å². The summed E-state index contributed by atoms with van der Waals surface area (Å²) in [6.07, 6.45) is 0.927. The molecule has 0 unspecified atom stereocenters. The highest BCUT2D eigenvalue weighted by Crippen LogP contribution is 2.12. The van der Waals surface area contributed by atoms with Crippen LogP contribution in [0.3, 0.4) is 0 Å². The summed E-state index contributed by atoms with van der Waals surface area (Å²) in [4.78, 5) is 0. The van der Waals surface area contributed by atoms with E-state index in [0.717, 1.165) is 40.4 Å². The summed E-state index contributed by atoms with van der Waals surface area (Å²) in [5.41, 5.74) is 5.26. The van der Waals surface area contributed by atoms with Crippen LogP contribution in [0, 0.1) is 11.8 Å². The maximum Gasteiger partial charge on any atom is 0.0406 e. The van der Waals surface area contributed by atoms with Gasteiger partial charge in [-0.15, -0.1) is 0 Å². The van der Waals surface area contributed by atoms with Crippen LogP contribution in [0.25, 0.3) is 5.70 Å². The topological polar surface area (TPSA) is 12.0 Å². The zero-order valence-electron chi connectivity index (χ0n) is 14.5. The molecule has 2 heteroatoms. The van der Waals surface area contributed by atoms with Gasteiger partial charge in [-0.3, -0.25) is 0 Å². The SMILES string of the molecule is C=C(NCCc1ccc(Cl)cc1)c1ccc(C#Cc2ccccc2)cc1. The van der Waals surface area contributed by atoms with Gasteiger partial charge < -0.3 is 5.32 Å². The fourth-order valence-electron chi connectivity index (χ4n) is 2.53. The predicted molar refractivity (Wildman–Crippen MR) is 111 cm³/mol. The van der Waals surface area contributed by atoms with Crippen LogP contribution in [0.15, 0.2) is 85.4 Å². The first-order valence-corrected chi connectivity index (χ1v) is 8.93. The minimum absolute atomic E-state index is 0.765. The maximum atomic E-state index is 5.91. The molecular weight excluding hydrogens is 338 g/mol. The van der Waals surface area contributed by atoms with Gasteiger partial charge in [0.15, 0.2) is 0 Å². The van der Waals surface area contributed by atoms with E-state index in [9.17, 15) is 0 Å². The summed E-state index contributed by atoms with van der Waals surface area (Å²) in [5.74, 6) is 6.35. The summed E-state index contributed by atoms with van der Waals surface area (Å²) in [6.45, 7) is 4.95. The molecule has 0 amide bonds. The van der Waals surface area contributed by atoms with Crippen molar-refractivity contribution in [1.29, 1.82) is 0 Å². The second-order valence-corrected chi connectivity index (χ2v) is 6.41. The lowest BCUT2D eigenvalue weighted by molar-refractivity contribution is 0.849. The van der Waals surface area contributed by atoms with E-state index >= 15 is 0 Å². The molecule has 0 aromatic heterocycles. The van der Waals surface area contributed by atoms with Crippen molar-refractivity contribution >= 4 is 17.3 Å². The highest BCUT2D eigenvalue weighted by molar-refractivity contribution is 6.30. The van der Waals surface area contributed by atoms with E-state index in [2.05, 4.69) is 23.7 Å². The number of rotatable bonds is 5. The summed E-state index contributed by atoms with van der Waals surface area (Å²) in [6, 6.07) is 26.1. The Morgan fingerprint density at radius 1 is 0.808 bits per heavy atom. The van der Waals surface area contributed by atoms with Crippen LogP contribution in [0.4, 0.5) is 0 Å². The van der Waals surface area contributed by atoms with E-state index in [0.29, 0.717) is 0 Å². The van der Waals surface area contributed by atoms with Gasteiger partial charge in [0.1, 0.15) is 0 Å². The number of nitrogens with one attached hydrogen (secondary N) is 1. The second kappa shape index (κ2) is 8.94. The van der Waals surface area contributed by atoms with E-state index in [-0.39, 0.29) is 0 Å². The average molecular weight is 358 g/mol. The van der Waals surface area contributed by atoms with Gasteiger partial charge in [-0.1, -0.05) is 72.5 Å². The fraction of sp³-hybridized carbons (Fsp3) is 0.0833. The minimum atomic E-state index is 0.765. The summed E-state index contributed by atoms with van der Waals surface area (Å²) >= 11 is 5.91. The van der Waals surface area contributed by atoms with Gasteiger partial charge in [0.2, 0.25) is 0 Å². The Kier molecular flexibility index (Phi) is 6.14. The minimum Gasteiger partial charge on any atom is -0.385 e. The molecule has 26 heavy (non-hydrogen) atoms. The van der Waals surface area contributed by atoms with Crippen LogP contribution < -0.4 is 5.32 Å². The molecule has 0 heterocycles. The van der Waals surface area contributed by atoms with Gasteiger partial charge >= 0.3 is 0 Å². The highest BCUT2D eigenvalue weighted by atomic mass is 35.5. The van der Waals surface area contributed by atoms with Crippen molar-refractivity contribution in [2.24, 2.45) is 0 Å². The molecule has 0 saturated carbocycles. The first-order chi connectivity index (χ1) is 12.7. The third kappa shape index (κ3) is 5.28. The highest BCUT2D eigenvalue weighted by Gasteiger charge is 1.99. The molecule has 3 rings (SSSR count). The summed E-state index contributed by atoms with van der Waals surface area (Å²) < 4.78 is 0. The molecule has 0 aliphatic rings. The zero-order chi connectivity index (χ0) is 18.2. The Hall–Kier alpha value is -2.95. The number of hydrogen-bond donors (Lipinski definition) is 1. The van der Waals surface area contributed by atoms with Crippen molar-refractivity contribution in [3.8, 4) is 11.8 Å². The van der Waals surface area contributed by atoms with Gasteiger partial charge in [0.05, 0.1) is 0 Å². The third-order valence-corrected chi connectivity index (χ3v) is 4.28. The first kappa shape index (κ1) is 17.9. The molecule has 0 atom stereocenters. The van der Waals surface area contributed by atoms with Crippen LogP contribution in [0.2, 0.25) is 5.02 Å². The van der Waals surface area contributed by atoms with Crippen molar-refractivity contribution in [3.05, 3.63) is 113 Å². The van der Waals surface area contributed by atoms with E-state index in [4.69, 9.17) is 11.6 Å². The molecule has 0 aliphatic heterocycles. The van der Waals surface area contributed by atoms with Gasteiger partial charge in [-0.05, 0) is 53.9 Å². The molecule has 3 aromatic rings. The van der Waals surface area contributed by atoms with E-state index in [1.54, 1.807) is 0 Å². The molecule has 0 saturated heterocycles. The Morgan fingerprint density at radius 3 is 2.08 bits per heavy atom. The molecule has 1 N–H and O–H groups in total. The lowest BCUT2D eigenvalue weighted by atomic mass is 10.1. The van der Waals surface area contributed by atoms with Crippen molar-refractivity contribution < 1.29 is 0 Å². The first-order valence-electron chi connectivity index (χ1n) is 8.55.